The maximum Gasteiger partial charge on any atom is 0.00633 e. The lowest BCUT2D eigenvalue weighted by molar-refractivity contribution is 1.41. The molecule has 0 aromatic heterocycles. The smallest absolute Gasteiger partial charge is 0.00633 e. The second-order valence-electron chi connectivity index (χ2n) is 2.25. The van der Waals surface area contributed by atoms with E-state index in [1.807, 2.05) is 18.2 Å². The van der Waals surface area contributed by atoms with Crippen LogP contribution in [-0.4, -0.2) is 6.66 Å². The lowest BCUT2D eigenvalue weighted by Crippen LogP contribution is -1.76. The molecule has 0 fully saturated rings. The molecule has 0 spiro atoms. The van der Waals surface area contributed by atoms with Crippen LogP contribution in [0.3, 0.4) is 0 Å². The molecule has 1 unspecified atom stereocenters. The van der Waals surface area contributed by atoms with Crippen LogP contribution in [0.5, 0.6) is 0 Å². The van der Waals surface area contributed by atoms with Crippen LogP contribution >= 0.6 is 18.5 Å². The Hall–Kier alpha value is -0.0600. The van der Waals surface area contributed by atoms with Crippen LogP contribution in [0.25, 0.3) is 0 Å². The predicted octanol–water partition coefficient (Wildman–Crippen LogP) is 3.45. The van der Waals surface area contributed by atoms with Gasteiger partial charge in [-0.15, -0.1) is 0 Å². The number of rotatable bonds is 2. The number of benzene rings is 1. The molecule has 0 bridgehead atoms. The van der Waals surface area contributed by atoms with Crippen LogP contribution in [0.4, 0.5) is 0 Å². The van der Waals surface area contributed by atoms with Crippen molar-refractivity contribution in [2.24, 2.45) is 0 Å². The van der Waals surface area contributed by atoms with Crippen molar-refractivity contribution in [3.63, 3.8) is 0 Å². The van der Waals surface area contributed by atoms with Gasteiger partial charge in [-0.25, -0.2) is 0 Å². The Labute approximate surface area is 67.8 Å². The van der Waals surface area contributed by atoms with Crippen molar-refractivity contribution < 1.29 is 0 Å². The van der Waals surface area contributed by atoms with Gasteiger partial charge in [-0.3, -0.25) is 0 Å². The molecule has 10 heavy (non-hydrogen) atoms. The molecule has 0 radical (unpaired) electrons. The molecule has 0 saturated carbocycles. The van der Waals surface area contributed by atoms with Gasteiger partial charge >= 0.3 is 0 Å². The third kappa shape index (κ3) is 2.68. The highest BCUT2D eigenvalue weighted by Gasteiger charge is 1.95. The summed E-state index contributed by atoms with van der Waals surface area (Å²) in [6.07, 6.45) is 1.03. The minimum Gasteiger partial charge on any atom is -0.0964 e. The second-order valence-corrected chi connectivity index (χ2v) is 5.51. The summed E-state index contributed by atoms with van der Waals surface area (Å²) >= 11 is 5.88. The Morgan fingerprint density at radius 1 is 1.30 bits per heavy atom. The summed E-state index contributed by atoms with van der Waals surface area (Å²) in [5.41, 5.74) is 1.34. The fourth-order valence-electron chi connectivity index (χ4n) is 0.835. The first-order valence-electron chi connectivity index (χ1n) is 3.20. The third-order valence-electron chi connectivity index (χ3n) is 1.24. The van der Waals surface area contributed by atoms with Crippen LogP contribution in [0.1, 0.15) is 5.56 Å². The number of hydrogen-bond acceptors (Lipinski definition) is 0. The van der Waals surface area contributed by atoms with Crippen molar-refractivity contribution in [1.82, 2.24) is 0 Å². The van der Waals surface area contributed by atoms with Gasteiger partial charge in [0.1, 0.15) is 0 Å². The molecular formula is C8H10ClP. The van der Waals surface area contributed by atoms with E-state index in [0.29, 0.717) is 0 Å². The van der Waals surface area contributed by atoms with Gasteiger partial charge in [0, 0.05) is 6.16 Å². The fourth-order valence-corrected chi connectivity index (χ4v) is 1.96. The third-order valence-corrected chi connectivity index (χ3v) is 2.40. The van der Waals surface area contributed by atoms with E-state index in [0.717, 1.165) is 6.16 Å². The van der Waals surface area contributed by atoms with Crippen LogP contribution in [-0.2, 0) is 6.16 Å². The number of halogens is 1. The Morgan fingerprint density at radius 2 is 1.90 bits per heavy atom. The molecule has 1 aromatic rings. The summed E-state index contributed by atoms with van der Waals surface area (Å²) in [6, 6.07) is 10.3. The van der Waals surface area contributed by atoms with Gasteiger partial charge in [0.25, 0.3) is 0 Å². The van der Waals surface area contributed by atoms with Crippen molar-refractivity contribution in [3.8, 4) is 0 Å². The summed E-state index contributed by atoms with van der Waals surface area (Å²) in [7, 11) is -0.305. The Bertz CT molecular complexity index is 184. The molecule has 54 valence electrons. The Kier molecular flexibility index (Phi) is 3.18. The summed E-state index contributed by atoms with van der Waals surface area (Å²) < 4.78 is 0. The molecule has 1 aromatic carbocycles. The van der Waals surface area contributed by atoms with Crippen LogP contribution in [0.15, 0.2) is 30.3 Å². The quantitative estimate of drug-likeness (QED) is 0.600. The molecule has 0 amide bonds. The predicted molar refractivity (Wildman–Crippen MR) is 48.8 cm³/mol. The highest BCUT2D eigenvalue weighted by molar-refractivity contribution is 7.82. The van der Waals surface area contributed by atoms with Crippen molar-refractivity contribution >= 4 is 18.5 Å². The summed E-state index contributed by atoms with van der Waals surface area (Å²) in [6.45, 7) is 2.07. The molecular weight excluding hydrogens is 163 g/mol. The molecule has 0 nitrogen and oxygen atoms in total. The monoisotopic (exact) mass is 172 g/mol. The second kappa shape index (κ2) is 3.95. The van der Waals surface area contributed by atoms with Crippen LogP contribution < -0.4 is 0 Å². The van der Waals surface area contributed by atoms with Crippen LogP contribution in [0.2, 0.25) is 0 Å². The summed E-state index contributed by atoms with van der Waals surface area (Å²) in [5, 5.41) is 0. The largest absolute Gasteiger partial charge is 0.0964 e. The molecule has 0 heterocycles. The van der Waals surface area contributed by atoms with Crippen molar-refractivity contribution in [2.45, 2.75) is 6.16 Å². The van der Waals surface area contributed by atoms with E-state index in [9.17, 15) is 0 Å². The standard InChI is InChI=1S/C8H10ClP/c1-10(9)7-8-5-3-2-4-6-8/h2-6H,7H2,1H3. The SMILES string of the molecule is CP(Cl)Cc1ccccc1. The lowest BCUT2D eigenvalue weighted by Gasteiger charge is -2.00. The molecule has 0 N–H and O–H groups in total. The summed E-state index contributed by atoms with van der Waals surface area (Å²) in [5.74, 6) is 0. The zero-order valence-electron chi connectivity index (χ0n) is 5.92. The van der Waals surface area contributed by atoms with Gasteiger partial charge in [-0.1, -0.05) is 41.6 Å². The maximum absolute atomic E-state index is 5.88. The van der Waals surface area contributed by atoms with E-state index in [4.69, 9.17) is 11.2 Å². The van der Waals surface area contributed by atoms with E-state index in [2.05, 4.69) is 18.8 Å². The number of hydrogen-bond donors (Lipinski definition) is 0. The minimum absolute atomic E-state index is 0.305. The topological polar surface area (TPSA) is 0 Å². The van der Waals surface area contributed by atoms with Gasteiger partial charge in [-0.2, -0.15) is 0 Å². The molecule has 0 aliphatic heterocycles. The normalized spacial score (nSPS) is 13.0. The molecule has 2 heteroatoms. The van der Waals surface area contributed by atoms with E-state index in [1.165, 1.54) is 5.56 Å². The maximum atomic E-state index is 5.88. The van der Waals surface area contributed by atoms with Gasteiger partial charge in [0.15, 0.2) is 0 Å². The van der Waals surface area contributed by atoms with Crippen molar-refractivity contribution in [1.29, 1.82) is 0 Å². The van der Waals surface area contributed by atoms with Gasteiger partial charge in [0.05, 0.1) is 0 Å². The molecule has 0 aliphatic rings. The lowest BCUT2D eigenvalue weighted by atomic mass is 10.2. The first kappa shape index (κ1) is 8.04. The van der Waals surface area contributed by atoms with E-state index in [1.54, 1.807) is 0 Å². The highest BCUT2D eigenvalue weighted by Crippen LogP contribution is 2.40. The van der Waals surface area contributed by atoms with E-state index < -0.39 is 0 Å². The van der Waals surface area contributed by atoms with Gasteiger partial charge in [0.2, 0.25) is 0 Å². The van der Waals surface area contributed by atoms with E-state index >= 15 is 0 Å². The van der Waals surface area contributed by atoms with E-state index in [-0.39, 0.29) is 7.27 Å². The summed E-state index contributed by atoms with van der Waals surface area (Å²) in [4.78, 5) is 0. The molecule has 1 atom stereocenters. The highest BCUT2D eigenvalue weighted by atomic mass is 35.7. The van der Waals surface area contributed by atoms with Gasteiger partial charge in [-0.05, 0) is 19.5 Å². The van der Waals surface area contributed by atoms with Crippen molar-refractivity contribution in [2.75, 3.05) is 6.66 Å². The van der Waals surface area contributed by atoms with Crippen LogP contribution in [0, 0.1) is 0 Å². The molecule has 0 saturated heterocycles. The zero-order valence-corrected chi connectivity index (χ0v) is 7.57. The minimum atomic E-state index is -0.305. The average Bonchev–Trinajstić information content (AvgIpc) is 1.88. The molecule has 0 aliphatic carbocycles. The average molecular weight is 173 g/mol. The zero-order chi connectivity index (χ0) is 7.40. The fraction of sp³-hybridized carbons (Fsp3) is 0.250. The Morgan fingerprint density at radius 3 is 2.40 bits per heavy atom. The first-order valence-corrected chi connectivity index (χ1v) is 6.08. The first-order chi connectivity index (χ1) is 4.79. The van der Waals surface area contributed by atoms with Gasteiger partial charge < -0.3 is 0 Å². The molecule has 1 rings (SSSR count). The van der Waals surface area contributed by atoms with Crippen molar-refractivity contribution in [3.05, 3.63) is 35.9 Å². The Balaban J connectivity index is 2.59.